The van der Waals surface area contributed by atoms with E-state index in [2.05, 4.69) is 51.1 Å². The zero-order chi connectivity index (χ0) is 15.3. The van der Waals surface area contributed by atoms with Crippen LogP contribution >= 0.6 is 0 Å². The average molecular weight is 290 g/mol. The van der Waals surface area contributed by atoms with E-state index in [9.17, 15) is 0 Å². The minimum absolute atomic E-state index is 0.0402. The first-order chi connectivity index (χ1) is 10.0. The van der Waals surface area contributed by atoms with Gasteiger partial charge in [0.25, 0.3) is 0 Å². The van der Waals surface area contributed by atoms with Crippen LogP contribution in [0.2, 0.25) is 0 Å². The zero-order valence-electron chi connectivity index (χ0n) is 14.0. The summed E-state index contributed by atoms with van der Waals surface area (Å²) in [6.07, 6.45) is 4.82. The number of hydrogen-bond donors (Lipinski definition) is 0. The van der Waals surface area contributed by atoms with Crippen LogP contribution in [0.4, 0.5) is 0 Å². The minimum atomic E-state index is 0.0402. The summed E-state index contributed by atoms with van der Waals surface area (Å²) in [5.74, 6) is 1.44. The van der Waals surface area contributed by atoms with E-state index in [0.717, 1.165) is 18.9 Å². The third kappa shape index (κ3) is 4.31. The fourth-order valence-corrected chi connectivity index (χ4v) is 3.36. The Morgan fingerprint density at radius 3 is 2.48 bits per heavy atom. The Labute approximate surface area is 129 Å². The molecule has 0 heterocycles. The summed E-state index contributed by atoms with van der Waals surface area (Å²) in [6, 6.07) is 10.6. The smallest absolute Gasteiger partial charge is 0.0854 e. The van der Waals surface area contributed by atoms with Crippen molar-refractivity contribution in [2.45, 2.75) is 58.2 Å². The van der Waals surface area contributed by atoms with E-state index in [1.807, 2.05) is 0 Å². The number of rotatable bonds is 8. The molecule has 0 aliphatic heterocycles. The molecule has 1 aromatic rings. The SMILES string of the molecule is COCCC(OC1(C)CCC1CC(C)C)c1ccccc1. The molecule has 0 aromatic heterocycles. The first-order valence-electron chi connectivity index (χ1n) is 8.27. The summed E-state index contributed by atoms with van der Waals surface area (Å²) >= 11 is 0. The van der Waals surface area contributed by atoms with Crippen molar-refractivity contribution < 1.29 is 9.47 Å². The first kappa shape index (κ1) is 16.5. The van der Waals surface area contributed by atoms with Crippen LogP contribution in [0.15, 0.2) is 30.3 Å². The van der Waals surface area contributed by atoms with Crippen LogP contribution in [-0.4, -0.2) is 19.3 Å². The first-order valence-corrected chi connectivity index (χ1v) is 8.27. The molecule has 1 fully saturated rings. The molecule has 3 unspecified atom stereocenters. The quantitative estimate of drug-likeness (QED) is 0.671. The Balaban J connectivity index is 2.04. The summed E-state index contributed by atoms with van der Waals surface area (Å²) in [5, 5.41) is 0. The van der Waals surface area contributed by atoms with Crippen LogP contribution in [-0.2, 0) is 9.47 Å². The third-order valence-electron chi connectivity index (χ3n) is 4.78. The van der Waals surface area contributed by atoms with Gasteiger partial charge in [-0.15, -0.1) is 0 Å². The van der Waals surface area contributed by atoms with E-state index in [-0.39, 0.29) is 11.7 Å². The third-order valence-corrected chi connectivity index (χ3v) is 4.78. The van der Waals surface area contributed by atoms with Gasteiger partial charge in [-0.3, -0.25) is 0 Å². The molecule has 0 radical (unpaired) electrons. The molecule has 2 heteroatoms. The molecule has 1 aromatic carbocycles. The van der Waals surface area contributed by atoms with Gasteiger partial charge in [-0.2, -0.15) is 0 Å². The Bertz CT molecular complexity index is 415. The molecule has 3 atom stereocenters. The van der Waals surface area contributed by atoms with Crippen LogP contribution in [0.5, 0.6) is 0 Å². The lowest BCUT2D eigenvalue weighted by Crippen LogP contribution is -2.48. The highest BCUT2D eigenvalue weighted by Crippen LogP contribution is 2.47. The van der Waals surface area contributed by atoms with Crippen molar-refractivity contribution in [2.24, 2.45) is 11.8 Å². The van der Waals surface area contributed by atoms with Crippen molar-refractivity contribution in [2.75, 3.05) is 13.7 Å². The fourth-order valence-electron chi connectivity index (χ4n) is 3.36. The van der Waals surface area contributed by atoms with Crippen molar-refractivity contribution in [1.29, 1.82) is 0 Å². The van der Waals surface area contributed by atoms with Crippen molar-refractivity contribution in [3.05, 3.63) is 35.9 Å². The fraction of sp³-hybridized carbons (Fsp3) is 0.684. The van der Waals surface area contributed by atoms with Crippen LogP contribution in [0.3, 0.4) is 0 Å². The van der Waals surface area contributed by atoms with Gasteiger partial charge in [0.1, 0.15) is 0 Å². The highest BCUT2D eigenvalue weighted by molar-refractivity contribution is 5.18. The van der Waals surface area contributed by atoms with E-state index < -0.39 is 0 Å². The predicted octanol–water partition coefficient (Wildman–Crippen LogP) is 5.00. The second kappa shape index (κ2) is 7.42. The summed E-state index contributed by atoms with van der Waals surface area (Å²) in [4.78, 5) is 0. The van der Waals surface area contributed by atoms with Crippen LogP contribution in [0.1, 0.15) is 58.1 Å². The van der Waals surface area contributed by atoms with Crippen molar-refractivity contribution in [3.63, 3.8) is 0 Å². The molecule has 0 N–H and O–H groups in total. The topological polar surface area (TPSA) is 18.5 Å². The van der Waals surface area contributed by atoms with Gasteiger partial charge >= 0.3 is 0 Å². The highest BCUT2D eigenvalue weighted by atomic mass is 16.5. The van der Waals surface area contributed by atoms with Crippen LogP contribution < -0.4 is 0 Å². The molecule has 0 saturated heterocycles. The molecule has 0 amide bonds. The normalized spacial score (nSPS) is 26.6. The van der Waals surface area contributed by atoms with Gasteiger partial charge < -0.3 is 9.47 Å². The summed E-state index contributed by atoms with van der Waals surface area (Å²) in [7, 11) is 1.76. The molecular weight excluding hydrogens is 260 g/mol. The molecule has 0 spiro atoms. The van der Waals surface area contributed by atoms with Crippen molar-refractivity contribution in [1.82, 2.24) is 0 Å². The maximum atomic E-state index is 6.60. The summed E-state index contributed by atoms with van der Waals surface area (Å²) < 4.78 is 11.9. The monoisotopic (exact) mass is 290 g/mol. The number of hydrogen-bond acceptors (Lipinski definition) is 2. The Morgan fingerprint density at radius 2 is 1.95 bits per heavy atom. The minimum Gasteiger partial charge on any atom is -0.385 e. The Hall–Kier alpha value is -0.860. The number of ether oxygens (including phenoxy) is 2. The Morgan fingerprint density at radius 1 is 1.24 bits per heavy atom. The molecule has 1 aliphatic rings. The maximum Gasteiger partial charge on any atom is 0.0854 e. The average Bonchev–Trinajstić information content (AvgIpc) is 2.48. The second-order valence-electron chi connectivity index (χ2n) is 6.98. The van der Waals surface area contributed by atoms with E-state index in [1.165, 1.54) is 24.8 Å². The maximum absolute atomic E-state index is 6.60. The summed E-state index contributed by atoms with van der Waals surface area (Å²) in [5.41, 5.74) is 1.31. The van der Waals surface area contributed by atoms with Crippen molar-refractivity contribution >= 4 is 0 Å². The van der Waals surface area contributed by atoms with Gasteiger partial charge in [-0.25, -0.2) is 0 Å². The van der Waals surface area contributed by atoms with Gasteiger partial charge in [0, 0.05) is 20.1 Å². The summed E-state index contributed by atoms with van der Waals surface area (Å²) in [6.45, 7) is 7.65. The second-order valence-corrected chi connectivity index (χ2v) is 6.98. The molecular formula is C19H30O2. The van der Waals surface area contributed by atoms with Gasteiger partial charge in [-0.1, -0.05) is 44.2 Å². The number of methoxy groups -OCH3 is 1. The lowest BCUT2D eigenvalue weighted by atomic mass is 9.67. The lowest BCUT2D eigenvalue weighted by molar-refractivity contribution is -0.177. The molecule has 2 rings (SSSR count). The van der Waals surface area contributed by atoms with E-state index in [4.69, 9.17) is 9.47 Å². The van der Waals surface area contributed by atoms with Gasteiger partial charge in [0.15, 0.2) is 0 Å². The Kier molecular flexibility index (Phi) is 5.83. The van der Waals surface area contributed by atoms with Gasteiger partial charge in [-0.05, 0) is 43.6 Å². The predicted molar refractivity (Wildman–Crippen MR) is 87.3 cm³/mol. The molecule has 21 heavy (non-hydrogen) atoms. The van der Waals surface area contributed by atoms with E-state index >= 15 is 0 Å². The molecule has 118 valence electrons. The van der Waals surface area contributed by atoms with Gasteiger partial charge in [0.2, 0.25) is 0 Å². The zero-order valence-corrected chi connectivity index (χ0v) is 14.0. The molecule has 0 bridgehead atoms. The standard InChI is InChI=1S/C19H30O2/c1-15(2)14-17-10-12-19(17,3)21-18(11-13-20-4)16-8-6-5-7-9-16/h5-9,15,17-18H,10-14H2,1-4H3. The molecule has 2 nitrogen and oxygen atoms in total. The van der Waals surface area contributed by atoms with Crippen LogP contribution in [0, 0.1) is 11.8 Å². The van der Waals surface area contributed by atoms with Crippen LogP contribution in [0.25, 0.3) is 0 Å². The molecule has 1 saturated carbocycles. The lowest BCUT2D eigenvalue weighted by Gasteiger charge is -2.49. The highest BCUT2D eigenvalue weighted by Gasteiger charge is 2.45. The van der Waals surface area contributed by atoms with E-state index in [0.29, 0.717) is 5.92 Å². The molecule has 1 aliphatic carbocycles. The number of benzene rings is 1. The largest absolute Gasteiger partial charge is 0.385 e. The van der Waals surface area contributed by atoms with Crippen molar-refractivity contribution in [3.8, 4) is 0 Å². The van der Waals surface area contributed by atoms with Gasteiger partial charge in [0.05, 0.1) is 11.7 Å². The van der Waals surface area contributed by atoms with E-state index in [1.54, 1.807) is 7.11 Å².